The van der Waals surface area contributed by atoms with E-state index in [1.165, 1.54) is 12.1 Å². The van der Waals surface area contributed by atoms with Gasteiger partial charge in [0, 0.05) is 18.7 Å². The lowest BCUT2D eigenvalue weighted by Crippen LogP contribution is -2.43. The molecule has 0 aliphatic carbocycles. The highest BCUT2D eigenvalue weighted by molar-refractivity contribution is 6.04. The van der Waals surface area contributed by atoms with Gasteiger partial charge >= 0.3 is 6.18 Å². The molecule has 32 heavy (non-hydrogen) atoms. The molecule has 0 spiro atoms. The van der Waals surface area contributed by atoms with Crippen molar-refractivity contribution in [3.63, 3.8) is 0 Å². The molecule has 1 fully saturated rings. The topological polar surface area (TPSA) is 125 Å². The van der Waals surface area contributed by atoms with Crippen molar-refractivity contribution in [3.8, 4) is 0 Å². The smallest absolute Gasteiger partial charge is 0.370 e. The molecule has 10 heteroatoms. The number of halogens is 3. The zero-order chi connectivity index (χ0) is 23.5. The standard InChI is InChI=1S/C22H24F3N5O2/c23-22(24,25)17-12-15(19(31)29-21(27)28)6-7-16(17)13-8-10-30(11-9-13)20(32)18(26)14-4-2-1-3-5-14/h1-7,12-13,18H,8-11,26H2,(H4,27,28,29,31)/t18-/m0/s1. The van der Waals surface area contributed by atoms with Crippen LogP contribution in [0.4, 0.5) is 13.2 Å². The van der Waals surface area contributed by atoms with E-state index in [0.29, 0.717) is 18.4 Å². The van der Waals surface area contributed by atoms with Gasteiger partial charge in [0.25, 0.3) is 5.91 Å². The van der Waals surface area contributed by atoms with E-state index < -0.39 is 35.6 Å². The molecule has 1 aliphatic rings. The quantitative estimate of drug-likeness (QED) is 0.425. The Morgan fingerprint density at radius 3 is 2.28 bits per heavy atom. The number of nitrogens with one attached hydrogen (secondary N) is 2. The fourth-order valence-electron chi connectivity index (χ4n) is 3.90. The molecule has 1 aliphatic heterocycles. The third kappa shape index (κ3) is 5.25. The molecular formula is C22H24F3N5O2. The number of nitrogens with zero attached hydrogens (tertiary/aromatic N) is 1. The Kier molecular flexibility index (Phi) is 6.83. The Hall–Kier alpha value is -3.40. The molecular weight excluding hydrogens is 423 g/mol. The molecule has 7 nitrogen and oxygen atoms in total. The molecule has 0 saturated carbocycles. The number of carbonyl (C=O) groups excluding carboxylic acids is 2. The summed E-state index contributed by atoms with van der Waals surface area (Å²) in [6, 6.07) is 11.4. The third-order valence-corrected chi connectivity index (χ3v) is 5.54. The Labute approximate surface area is 183 Å². The number of amides is 2. The molecule has 0 bridgehead atoms. The summed E-state index contributed by atoms with van der Waals surface area (Å²) in [5, 5.41) is 9.05. The Bertz CT molecular complexity index is 1000. The molecule has 170 valence electrons. The van der Waals surface area contributed by atoms with Gasteiger partial charge < -0.3 is 16.4 Å². The van der Waals surface area contributed by atoms with Crippen LogP contribution >= 0.6 is 0 Å². The van der Waals surface area contributed by atoms with Crippen molar-refractivity contribution in [2.24, 2.45) is 11.5 Å². The van der Waals surface area contributed by atoms with Gasteiger partial charge in [0.05, 0.1) is 5.56 Å². The highest BCUT2D eigenvalue weighted by atomic mass is 19.4. The van der Waals surface area contributed by atoms with E-state index >= 15 is 0 Å². The number of carbonyl (C=O) groups is 2. The first-order chi connectivity index (χ1) is 15.1. The normalized spacial score (nSPS) is 15.8. The van der Waals surface area contributed by atoms with Crippen LogP contribution in [0.15, 0.2) is 48.5 Å². The Morgan fingerprint density at radius 1 is 1.09 bits per heavy atom. The summed E-state index contributed by atoms with van der Waals surface area (Å²) in [7, 11) is 0. The monoisotopic (exact) mass is 447 g/mol. The zero-order valence-corrected chi connectivity index (χ0v) is 17.2. The van der Waals surface area contributed by atoms with E-state index in [4.69, 9.17) is 16.9 Å². The molecule has 1 atom stereocenters. The zero-order valence-electron chi connectivity index (χ0n) is 17.2. The van der Waals surface area contributed by atoms with Crippen LogP contribution in [0.5, 0.6) is 0 Å². The van der Waals surface area contributed by atoms with Crippen LogP contribution in [0, 0.1) is 5.41 Å². The first-order valence-electron chi connectivity index (χ1n) is 10.0. The molecule has 0 aromatic heterocycles. The summed E-state index contributed by atoms with van der Waals surface area (Å²) in [6.45, 7) is 0.571. The van der Waals surface area contributed by atoms with E-state index in [-0.39, 0.29) is 30.1 Å². The van der Waals surface area contributed by atoms with Crippen LogP contribution in [0.25, 0.3) is 0 Å². The first-order valence-corrected chi connectivity index (χ1v) is 10.0. The van der Waals surface area contributed by atoms with Gasteiger partial charge in [0.1, 0.15) is 6.04 Å². The minimum Gasteiger partial charge on any atom is -0.370 e. The number of piperidine rings is 1. The van der Waals surface area contributed by atoms with Crippen molar-refractivity contribution in [2.75, 3.05) is 13.1 Å². The first kappa shape index (κ1) is 23.3. The second kappa shape index (κ2) is 9.39. The van der Waals surface area contributed by atoms with Crippen LogP contribution < -0.4 is 16.8 Å². The fraction of sp³-hybridized carbons (Fsp3) is 0.318. The number of hydrogen-bond acceptors (Lipinski definition) is 4. The van der Waals surface area contributed by atoms with Gasteiger partial charge in [0.2, 0.25) is 5.91 Å². The van der Waals surface area contributed by atoms with Crippen LogP contribution in [0.2, 0.25) is 0 Å². The fourth-order valence-corrected chi connectivity index (χ4v) is 3.90. The Balaban J connectivity index is 1.75. The molecule has 2 aromatic rings. The van der Waals surface area contributed by atoms with E-state index in [1.54, 1.807) is 29.2 Å². The molecule has 3 rings (SSSR count). The van der Waals surface area contributed by atoms with Crippen LogP contribution in [-0.4, -0.2) is 35.8 Å². The molecule has 2 aromatic carbocycles. The van der Waals surface area contributed by atoms with Gasteiger partial charge in [0.15, 0.2) is 5.96 Å². The lowest BCUT2D eigenvalue weighted by atomic mass is 9.85. The average Bonchev–Trinajstić information content (AvgIpc) is 2.77. The number of nitrogens with two attached hydrogens (primary N) is 2. The summed E-state index contributed by atoms with van der Waals surface area (Å²) in [4.78, 5) is 26.3. The molecule has 1 saturated heterocycles. The number of likely N-dealkylation sites (tertiary alicyclic amines) is 1. The number of hydrogen-bond donors (Lipinski definition) is 4. The van der Waals surface area contributed by atoms with E-state index in [0.717, 1.165) is 6.07 Å². The second-order valence-corrected chi connectivity index (χ2v) is 7.66. The van der Waals surface area contributed by atoms with E-state index in [9.17, 15) is 22.8 Å². The summed E-state index contributed by atoms with van der Waals surface area (Å²) < 4.78 is 41.2. The van der Waals surface area contributed by atoms with Gasteiger partial charge in [-0.2, -0.15) is 13.2 Å². The van der Waals surface area contributed by atoms with Gasteiger partial charge in [-0.15, -0.1) is 0 Å². The van der Waals surface area contributed by atoms with Crippen molar-refractivity contribution < 1.29 is 22.8 Å². The summed E-state index contributed by atoms with van der Waals surface area (Å²) in [6.07, 6.45) is -3.98. The van der Waals surface area contributed by atoms with Gasteiger partial charge in [-0.3, -0.25) is 20.3 Å². The van der Waals surface area contributed by atoms with Crippen LogP contribution in [-0.2, 0) is 11.0 Å². The minimum atomic E-state index is -4.66. The molecule has 0 unspecified atom stereocenters. The largest absolute Gasteiger partial charge is 0.416 e. The lowest BCUT2D eigenvalue weighted by Gasteiger charge is -2.34. The van der Waals surface area contributed by atoms with Crippen molar-refractivity contribution >= 4 is 17.8 Å². The van der Waals surface area contributed by atoms with Gasteiger partial charge in [-0.1, -0.05) is 36.4 Å². The van der Waals surface area contributed by atoms with Crippen molar-refractivity contribution in [3.05, 3.63) is 70.8 Å². The maximum absolute atomic E-state index is 13.7. The molecule has 6 N–H and O–H groups in total. The summed E-state index contributed by atoms with van der Waals surface area (Å²) >= 11 is 0. The number of alkyl halides is 3. The summed E-state index contributed by atoms with van der Waals surface area (Å²) in [5.41, 5.74) is 10.8. The highest BCUT2D eigenvalue weighted by Crippen LogP contribution is 2.39. The van der Waals surface area contributed by atoms with Crippen LogP contribution in [0.3, 0.4) is 0 Å². The SMILES string of the molecule is N=C(N)NC(=O)c1ccc(C2CCN(C(=O)[C@@H](N)c3ccccc3)CC2)c(C(F)(F)F)c1. The predicted octanol–water partition coefficient (Wildman–Crippen LogP) is 2.73. The van der Waals surface area contributed by atoms with Crippen molar-refractivity contribution in [1.29, 1.82) is 5.41 Å². The third-order valence-electron chi connectivity index (χ3n) is 5.54. The predicted molar refractivity (Wildman–Crippen MR) is 113 cm³/mol. The van der Waals surface area contributed by atoms with Crippen molar-refractivity contribution in [2.45, 2.75) is 31.0 Å². The van der Waals surface area contributed by atoms with E-state index in [1.807, 2.05) is 11.4 Å². The lowest BCUT2D eigenvalue weighted by molar-refractivity contribution is -0.139. The number of benzene rings is 2. The van der Waals surface area contributed by atoms with Gasteiger partial charge in [-0.05, 0) is 42.0 Å². The number of rotatable bonds is 4. The average molecular weight is 447 g/mol. The van der Waals surface area contributed by atoms with Gasteiger partial charge in [-0.25, -0.2) is 0 Å². The van der Waals surface area contributed by atoms with E-state index in [2.05, 4.69) is 0 Å². The molecule has 1 heterocycles. The molecule has 0 radical (unpaired) electrons. The minimum absolute atomic E-state index is 0.0799. The summed E-state index contributed by atoms with van der Waals surface area (Å²) in [5.74, 6) is -2.22. The van der Waals surface area contributed by atoms with Crippen molar-refractivity contribution in [1.82, 2.24) is 10.2 Å². The number of guanidine groups is 1. The maximum atomic E-state index is 13.7. The highest BCUT2D eigenvalue weighted by Gasteiger charge is 2.37. The second-order valence-electron chi connectivity index (χ2n) is 7.66. The molecule has 2 amide bonds. The Morgan fingerprint density at radius 2 is 1.72 bits per heavy atom. The van der Waals surface area contributed by atoms with Crippen LogP contribution in [0.1, 0.15) is 51.8 Å². The maximum Gasteiger partial charge on any atom is 0.416 e.